The van der Waals surface area contributed by atoms with Crippen LogP contribution in [-0.2, 0) is 22.7 Å². The van der Waals surface area contributed by atoms with Gasteiger partial charge in [0.25, 0.3) is 11.8 Å². The SMILES string of the molecule is COCCN(CNCCNC(C)=O)C(=O)c1[nH]cc(C(=O)NCc2ccc(F)cc2F)c(=O)c1OCc1ccccc1. The van der Waals surface area contributed by atoms with Crippen molar-refractivity contribution in [2.45, 2.75) is 20.1 Å². The third-order valence-corrected chi connectivity index (χ3v) is 6.01. The van der Waals surface area contributed by atoms with Crippen LogP contribution in [0.1, 0.15) is 38.9 Å². The molecule has 224 valence electrons. The molecule has 42 heavy (non-hydrogen) atoms. The lowest BCUT2D eigenvalue weighted by Gasteiger charge is -2.24. The zero-order chi connectivity index (χ0) is 30.5. The van der Waals surface area contributed by atoms with Crippen molar-refractivity contribution < 1.29 is 32.6 Å². The maximum Gasteiger partial charge on any atom is 0.275 e. The summed E-state index contributed by atoms with van der Waals surface area (Å²) < 4.78 is 38.2. The molecule has 1 heterocycles. The molecule has 3 aromatic rings. The number of halogens is 2. The molecule has 2 aromatic carbocycles. The summed E-state index contributed by atoms with van der Waals surface area (Å²) in [7, 11) is 1.48. The Balaban J connectivity index is 1.87. The standard InChI is InChI=1S/C29H33F2N5O6/c1-19(37)33-11-10-32-18-36(12-13-41-2)29(40)25-27(42-17-20-6-4-3-5-7-20)26(38)23(16-34-25)28(39)35-15-21-8-9-22(30)14-24(21)31/h3-9,14,16,32H,10-13,15,17-18H2,1-2H3,(H,33,37)(H,34,38)(H,35,39). The summed E-state index contributed by atoms with van der Waals surface area (Å²) in [6.45, 7) is 2.16. The van der Waals surface area contributed by atoms with E-state index in [-0.39, 0.29) is 61.4 Å². The Morgan fingerprint density at radius 3 is 2.48 bits per heavy atom. The fraction of sp³-hybridized carbons (Fsp3) is 0.310. The normalized spacial score (nSPS) is 10.7. The second kappa shape index (κ2) is 16.0. The van der Waals surface area contributed by atoms with Gasteiger partial charge in [0.2, 0.25) is 11.3 Å². The fourth-order valence-corrected chi connectivity index (χ4v) is 3.79. The summed E-state index contributed by atoms with van der Waals surface area (Å²) in [5.41, 5.74) is -0.664. The van der Waals surface area contributed by atoms with Crippen LogP contribution in [0.3, 0.4) is 0 Å². The number of H-pyrrole nitrogens is 1. The fourth-order valence-electron chi connectivity index (χ4n) is 3.79. The zero-order valence-electron chi connectivity index (χ0n) is 23.3. The van der Waals surface area contributed by atoms with E-state index in [1.165, 1.54) is 25.0 Å². The third-order valence-electron chi connectivity index (χ3n) is 6.01. The van der Waals surface area contributed by atoms with Gasteiger partial charge in [0.05, 0.1) is 13.3 Å². The Morgan fingerprint density at radius 2 is 1.79 bits per heavy atom. The van der Waals surface area contributed by atoms with E-state index < -0.39 is 28.9 Å². The minimum atomic E-state index is -0.851. The zero-order valence-corrected chi connectivity index (χ0v) is 23.3. The van der Waals surface area contributed by atoms with Crippen LogP contribution in [-0.4, -0.2) is 67.6 Å². The summed E-state index contributed by atoms with van der Waals surface area (Å²) in [5.74, 6) is -3.61. The smallest absolute Gasteiger partial charge is 0.275 e. The number of aromatic amines is 1. The van der Waals surface area contributed by atoms with Gasteiger partial charge in [-0.1, -0.05) is 36.4 Å². The average molecular weight is 586 g/mol. The monoisotopic (exact) mass is 585 g/mol. The molecule has 11 nitrogen and oxygen atoms in total. The number of ether oxygens (including phenoxy) is 2. The second-order valence-corrected chi connectivity index (χ2v) is 9.13. The Hall–Kier alpha value is -4.62. The molecule has 4 N–H and O–H groups in total. The first-order chi connectivity index (χ1) is 20.2. The molecule has 0 aliphatic rings. The molecule has 1 aromatic heterocycles. The molecule has 3 rings (SSSR count). The number of rotatable bonds is 15. The van der Waals surface area contributed by atoms with Gasteiger partial charge < -0.3 is 30.0 Å². The van der Waals surface area contributed by atoms with E-state index in [2.05, 4.69) is 20.9 Å². The summed E-state index contributed by atoms with van der Waals surface area (Å²) in [6, 6.07) is 11.8. The molecule has 0 fully saturated rings. The maximum absolute atomic E-state index is 14.0. The van der Waals surface area contributed by atoms with Crippen molar-refractivity contribution in [2.24, 2.45) is 0 Å². The number of benzene rings is 2. The number of pyridine rings is 1. The number of carbonyl (C=O) groups is 3. The molecular weight excluding hydrogens is 552 g/mol. The van der Waals surface area contributed by atoms with Crippen LogP contribution in [0.25, 0.3) is 0 Å². The predicted octanol–water partition coefficient (Wildman–Crippen LogP) is 1.93. The highest BCUT2D eigenvalue weighted by atomic mass is 19.1. The quantitative estimate of drug-likeness (QED) is 0.158. The summed E-state index contributed by atoms with van der Waals surface area (Å²) in [5, 5.41) is 8.12. The van der Waals surface area contributed by atoms with E-state index in [0.29, 0.717) is 24.7 Å². The minimum Gasteiger partial charge on any atom is -0.483 e. The highest BCUT2D eigenvalue weighted by Crippen LogP contribution is 2.17. The number of hydrogen-bond donors (Lipinski definition) is 4. The van der Waals surface area contributed by atoms with Gasteiger partial charge in [-0.05, 0) is 11.6 Å². The lowest BCUT2D eigenvalue weighted by Crippen LogP contribution is -2.43. The van der Waals surface area contributed by atoms with Crippen molar-refractivity contribution in [1.29, 1.82) is 0 Å². The summed E-state index contributed by atoms with van der Waals surface area (Å²) in [6.07, 6.45) is 1.08. The maximum atomic E-state index is 14.0. The second-order valence-electron chi connectivity index (χ2n) is 9.13. The highest BCUT2D eigenvalue weighted by molar-refractivity contribution is 5.98. The van der Waals surface area contributed by atoms with Crippen LogP contribution >= 0.6 is 0 Å². The van der Waals surface area contributed by atoms with E-state index in [1.54, 1.807) is 24.3 Å². The Morgan fingerprint density at radius 1 is 1.02 bits per heavy atom. The van der Waals surface area contributed by atoms with Gasteiger partial charge in [-0.25, -0.2) is 8.78 Å². The molecule has 0 radical (unpaired) electrons. The van der Waals surface area contributed by atoms with Gasteiger partial charge >= 0.3 is 0 Å². The largest absolute Gasteiger partial charge is 0.483 e. The number of amides is 3. The Labute approximate surface area is 241 Å². The number of methoxy groups -OCH3 is 1. The van der Waals surface area contributed by atoms with Crippen molar-refractivity contribution in [3.8, 4) is 5.75 Å². The first-order valence-corrected chi connectivity index (χ1v) is 13.1. The first kappa shape index (κ1) is 31.9. The lowest BCUT2D eigenvalue weighted by molar-refractivity contribution is -0.118. The number of carbonyl (C=O) groups excluding carboxylic acids is 3. The molecule has 13 heteroatoms. The summed E-state index contributed by atoms with van der Waals surface area (Å²) in [4.78, 5) is 55.2. The van der Waals surface area contributed by atoms with Crippen molar-refractivity contribution in [2.75, 3.05) is 40.0 Å². The van der Waals surface area contributed by atoms with Gasteiger partial charge in [-0.2, -0.15) is 0 Å². The number of nitrogens with zero attached hydrogens (tertiary/aromatic N) is 1. The van der Waals surface area contributed by atoms with E-state index in [1.807, 2.05) is 6.07 Å². The molecular formula is C29H33F2N5O6. The van der Waals surface area contributed by atoms with E-state index >= 15 is 0 Å². The van der Waals surface area contributed by atoms with Crippen LogP contribution in [0.15, 0.2) is 59.5 Å². The van der Waals surface area contributed by atoms with Gasteiger partial charge in [0.1, 0.15) is 23.8 Å². The van der Waals surface area contributed by atoms with Gasteiger partial charge in [0, 0.05) is 58.0 Å². The van der Waals surface area contributed by atoms with Gasteiger partial charge in [-0.15, -0.1) is 0 Å². The van der Waals surface area contributed by atoms with E-state index in [4.69, 9.17) is 9.47 Å². The molecule has 0 bridgehead atoms. The third kappa shape index (κ3) is 9.21. The van der Waals surface area contributed by atoms with Crippen molar-refractivity contribution in [3.63, 3.8) is 0 Å². The molecule has 0 aliphatic carbocycles. The van der Waals surface area contributed by atoms with Crippen LogP contribution in [0.4, 0.5) is 8.78 Å². The predicted molar refractivity (Wildman–Crippen MR) is 150 cm³/mol. The Kier molecular flexibility index (Phi) is 12.1. The van der Waals surface area contributed by atoms with Crippen LogP contribution in [0, 0.1) is 11.6 Å². The molecule has 0 saturated heterocycles. The van der Waals surface area contributed by atoms with Crippen molar-refractivity contribution >= 4 is 17.7 Å². The molecule has 0 spiro atoms. The first-order valence-electron chi connectivity index (χ1n) is 13.1. The number of nitrogens with one attached hydrogen (secondary N) is 4. The molecule has 0 saturated carbocycles. The minimum absolute atomic E-state index is 0.0216. The number of aromatic nitrogens is 1. The van der Waals surface area contributed by atoms with Gasteiger partial charge in [-0.3, -0.25) is 24.5 Å². The van der Waals surface area contributed by atoms with Crippen LogP contribution < -0.4 is 26.1 Å². The molecule has 0 atom stereocenters. The lowest BCUT2D eigenvalue weighted by atomic mass is 10.1. The van der Waals surface area contributed by atoms with Crippen molar-refractivity contribution in [1.82, 2.24) is 25.8 Å². The summed E-state index contributed by atoms with van der Waals surface area (Å²) >= 11 is 0. The molecule has 0 unspecified atom stereocenters. The van der Waals surface area contributed by atoms with Crippen LogP contribution in [0.5, 0.6) is 5.75 Å². The topological polar surface area (TPSA) is 142 Å². The highest BCUT2D eigenvalue weighted by Gasteiger charge is 2.26. The van der Waals surface area contributed by atoms with Crippen LogP contribution in [0.2, 0.25) is 0 Å². The molecule has 0 aliphatic heterocycles. The Bertz CT molecular complexity index is 1430. The number of hydrogen-bond acceptors (Lipinski definition) is 7. The average Bonchev–Trinajstić information content (AvgIpc) is 2.97. The van der Waals surface area contributed by atoms with E-state index in [0.717, 1.165) is 12.3 Å². The van der Waals surface area contributed by atoms with Gasteiger partial charge in [0.15, 0.2) is 11.4 Å². The van der Waals surface area contributed by atoms with E-state index in [9.17, 15) is 28.0 Å². The molecule has 3 amide bonds. The van der Waals surface area contributed by atoms with Crippen molar-refractivity contribution in [3.05, 3.63) is 99.0 Å².